The Morgan fingerprint density at radius 3 is 2.67 bits per heavy atom. The Hall–Kier alpha value is -0.570. The average molecular weight is 213 g/mol. The number of carbonyl (C=O) groups is 1. The Bertz CT molecular complexity index is 196. The van der Waals surface area contributed by atoms with Gasteiger partial charge in [0.05, 0.1) is 12.5 Å². The minimum absolute atomic E-state index is 0.0343. The first-order valence-electron chi connectivity index (χ1n) is 6.03. The van der Waals surface area contributed by atoms with E-state index in [9.17, 15) is 4.79 Å². The third-order valence-electron chi connectivity index (χ3n) is 2.89. The Morgan fingerprint density at radius 2 is 2.20 bits per heavy atom. The van der Waals surface area contributed by atoms with E-state index in [2.05, 4.69) is 19.2 Å². The van der Waals surface area contributed by atoms with Gasteiger partial charge in [-0.05, 0) is 32.1 Å². The molecule has 0 radical (unpaired) electrons. The topological polar surface area (TPSA) is 38.3 Å². The third-order valence-corrected chi connectivity index (χ3v) is 2.89. The van der Waals surface area contributed by atoms with E-state index in [1.807, 2.05) is 6.92 Å². The van der Waals surface area contributed by atoms with Crippen LogP contribution in [0.1, 0.15) is 40.0 Å². The number of piperidine rings is 1. The van der Waals surface area contributed by atoms with Crippen LogP contribution in [0.25, 0.3) is 0 Å². The van der Waals surface area contributed by atoms with Crippen LogP contribution in [-0.2, 0) is 9.53 Å². The first kappa shape index (κ1) is 12.5. The summed E-state index contributed by atoms with van der Waals surface area (Å²) in [5, 5.41) is 3.44. The monoisotopic (exact) mass is 213 g/mol. The van der Waals surface area contributed by atoms with Gasteiger partial charge in [0.15, 0.2) is 0 Å². The first-order valence-corrected chi connectivity index (χ1v) is 6.03. The maximum absolute atomic E-state index is 11.5. The molecule has 0 spiro atoms. The molecule has 2 unspecified atom stereocenters. The molecule has 0 aromatic rings. The van der Waals surface area contributed by atoms with Crippen LogP contribution >= 0.6 is 0 Å². The summed E-state index contributed by atoms with van der Waals surface area (Å²) in [6, 6.07) is 0.593. The van der Waals surface area contributed by atoms with Gasteiger partial charge in [-0.2, -0.15) is 0 Å². The van der Waals surface area contributed by atoms with Crippen LogP contribution < -0.4 is 5.32 Å². The van der Waals surface area contributed by atoms with E-state index in [0.29, 0.717) is 12.6 Å². The van der Waals surface area contributed by atoms with Gasteiger partial charge in [0.1, 0.15) is 0 Å². The van der Waals surface area contributed by atoms with Gasteiger partial charge in [-0.25, -0.2) is 0 Å². The van der Waals surface area contributed by atoms with Crippen molar-refractivity contribution in [3.8, 4) is 0 Å². The molecule has 3 nitrogen and oxygen atoms in total. The Kier molecular flexibility index (Phi) is 5.09. The fourth-order valence-corrected chi connectivity index (χ4v) is 2.15. The summed E-state index contributed by atoms with van der Waals surface area (Å²) in [5.41, 5.74) is 0. The number of ether oxygens (including phenoxy) is 1. The maximum atomic E-state index is 11.5. The van der Waals surface area contributed by atoms with Crippen molar-refractivity contribution in [3.63, 3.8) is 0 Å². The highest BCUT2D eigenvalue weighted by atomic mass is 16.5. The van der Waals surface area contributed by atoms with E-state index in [-0.39, 0.29) is 11.9 Å². The van der Waals surface area contributed by atoms with E-state index in [0.717, 1.165) is 25.3 Å². The van der Waals surface area contributed by atoms with Crippen molar-refractivity contribution in [2.75, 3.05) is 13.2 Å². The minimum atomic E-state index is -0.0343. The molecule has 88 valence electrons. The van der Waals surface area contributed by atoms with Crippen molar-refractivity contribution < 1.29 is 9.53 Å². The van der Waals surface area contributed by atoms with Crippen molar-refractivity contribution in [2.24, 2.45) is 11.8 Å². The Balaban J connectivity index is 2.26. The molecule has 1 aliphatic heterocycles. The molecule has 1 fully saturated rings. The highest BCUT2D eigenvalue weighted by molar-refractivity contribution is 5.72. The molecular formula is C12H23NO2. The van der Waals surface area contributed by atoms with Crippen LogP contribution in [-0.4, -0.2) is 25.2 Å². The lowest BCUT2D eigenvalue weighted by molar-refractivity contribution is -0.148. The van der Waals surface area contributed by atoms with Gasteiger partial charge in [0.2, 0.25) is 0 Å². The van der Waals surface area contributed by atoms with Crippen LogP contribution in [0, 0.1) is 11.8 Å². The Morgan fingerprint density at radius 1 is 1.47 bits per heavy atom. The molecule has 0 aromatic carbocycles. The summed E-state index contributed by atoms with van der Waals surface area (Å²) in [6.45, 7) is 7.61. The summed E-state index contributed by atoms with van der Waals surface area (Å²) in [6.07, 6.45) is 3.28. The van der Waals surface area contributed by atoms with Crippen LogP contribution in [0.5, 0.6) is 0 Å². The number of hydrogen-bond acceptors (Lipinski definition) is 3. The first-order chi connectivity index (χ1) is 7.13. The fourth-order valence-electron chi connectivity index (χ4n) is 2.15. The molecule has 1 heterocycles. The van der Waals surface area contributed by atoms with Crippen LogP contribution in [0.15, 0.2) is 0 Å². The molecule has 2 atom stereocenters. The maximum Gasteiger partial charge on any atom is 0.310 e. The molecule has 0 saturated carbocycles. The molecule has 0 aromatic heterocycles. The summed E-state index contributed by atoms with van der Waals surface area (Å²) in [5.74, 6) is 0.767. The van der Waals surface area contributed by atoms with Gasteiger partial charge in [0, 0.05) is 12.6 Å². The standard InChI is InChI=1S/C12H23NO2/c1-4-15-12(14)10-5-6-11(13-8-10)7-9(2)3/h9-11,13H,4-8H2,1-3H3. The smallest absolute Gasteiger partial charge is 0.310 e. The van der Waals surface area contributed by atoms with Crippen molar-refractivity contribution in [1.29, 1.82) is 0 Å². The molecule has 0 bridgehead atoms. The van der Waals surface area contributed by atoms with Crippen molar-refractivity contribution >= 4 is 5.97 Å². The lowest BCUT2D eigenvalue weighted by atomic mass is 9.90. The zero-order chi connectivity index (χ0) is 11.3. The highest BCUT2D eigenvalue weighted by Crippen LogP contribution is 2.19. The minimum Gasteiger partial charge on any atom is -0.466 e. The molecular weight excluding hydrogens is 190 g/mol. The van der Waals surface area contributed by atoms with Crippen LogP contribution in [0.2, 0.25) is 0 Å². The van der Waals surface area contributed by atoms with Crippen LogP contribution in [0.4, 0.5) is 0 Å². The van der Waals surface area contributed by atoms with E-state index in [1.165, 1.54) is 6.42 Å². The lowest BCUT2D eigenvalue weighted by Gasteiger charge is -2.29. The quantitative estimate of drug-likeness (QED) is 0.726. The summed E-state index contributed by atoms with van der Waals surface area (Å²) in [7, 11) is 0. The van der Waals surface area contributed by atoms with E-state index >= 15 is 0 Å². The predicted octanol–water partition coefficient (Wildman–Crippen LogP) is 1.96. The number of carbonyl (C=O) groups excluding carboxylic acids is 1. The van der Waals surface area contributed by atoms with Crippen molar-refractivity contribution in [3.05, 3.63) is 0 Å². The fraction of sp³-hybridized carbons (Fsp3) is 0.917. The SMILES string of the molecule is CCOC(=O)C1CCC(CC(C)C)NC1. The normalized spacial score (nSPS) is 26.7. The van der Waals surface area contributed by atoms with Gasteiger partial charge in [-0.1, -0.05) is 13.8 Å². The van der Waals surface area contributed by atoms with Crippen molar-refractivity contribution in [1.82, 2.24) is 5.32 Å². The molecule has 0 aliphatic carbocycles. The second kappa shape index (κ2) is 6.11. The van der Waals surface area contributed by atoms with E-state index in [1.54, 1.807) is 0 Å². The molecule has 15 heavy (non-hydrogen) atoms. The molecule has 0 amide bonds. The van der Waals surface area contributed by atoms with Crippen molar-refractivity contribution in [2.45, 2.75) is 46.1 Å². The molecule has 3 heteroatoms. The molecule has 1 saturated heterocycles. The highest BCUT2D eigenvalue weighted by Gasteiger charge is 2.26. The van der Waals surface area contributed by atoms with Gasteiger partial charge >= 0.3 is 5.97 Å². The Labute approximate surface area is 92.6 Å². The second-order valence-corrected chi connectivity index (χ2v) is 4.76. The third kappa shape index (κ3) is 4.20. The summed E-state index contributed by atoms with van der Waals surface area (Å²) in [4.78, 5) is 11.5. The van der Waals surface area contributed by atoms with E-state index in [4.69, 9.17) is 4.74 Å². The molecule has 1 aliphatic rings. The van der Waals surface area contributed by atoms with E-state index < -0.39 is 0 Å². The average Bonchev–Trinajstić information content (AvgIpc) is 2.18. The number of nitrogens with one attached hydrogen (secondary N) is 1. The molecule has 1 N–H and O–H groups in total. The zero-order valence-corrected chi connectivity index (χ0v) is 10.1. The molecule has 1 rings (SSSR count). The number of rotatable bonds is 4. The van der Waals surface area contributed by atoms with Gasteiger partial charge in [-0.15, -0.1) is 0 Å². The number of hydrogen-bond donors (Lipinski definition) is 1. The van der Waals surface area contributed by atoms with Gasteiger partial charge in [0.25, 0.3) is 0 Å². The van der Waals surface area contributed by atoms with Gasteiger partial charge < -0.3 is 10.1 Å². The zero-order valence-electron chi connectivity index (χ0n) is 10.1. The summed E-state index contributed by atoms with van der Waals surface area (Å²) >= 11 is 0. The second-order valence-electron chi connectivity index (χ2n) is 4.76. The predicted molar refractivity (Wildman–Crippen MR) is 60.6 cm³/mol. The lowest BCUT2D eigenvalue weighted by Crippen LogP contribution is -2.42. The number of esters is 1. The largest absolute Gasteiger partial charge is 0.466 e. The summed E-state index contributed by atoms with van der Waals surface area (Å²) < 4.78 is 5.02. The van der Waals surface area contributed by atoms with Crippen LogP contribution in [0.3, 0.4) is 0 Å². The van der Waals surface area contributed by atoms with Gasteiger partial charge in [-0.3, -0.25) is 4.79 Å².